The van der Waals surface area contributed by atoms with Crippen LogP contribution in [0, 0.1) is 0 Å². The highest BCUT2D eigenvalue weighted by atomic mass is 16.2. The predicted molar refractivity (Wildman–Crippen MR) is 100 cm³/mol. The lowest BCUT2D eigenvalue weighted by molar-refractivity contribution is 0.113. The van der Waals surface area contributed by atoms with Crippen molar-refractivity contribution in [2.45, 2.75) is 63.5 Å². The summed E-state index contributed by atoms with van der Waals surface area (Å²) in [7, 11) is 0. The number of carbonyl (C=O) groups is 1. The van der Waals surface area contributed by atoms with Gasteiger partial charge >= 0.3 is 6.03 Å². The van der Waals surface area contributed by atoms with Crippen LogP contribution in [-0.4, -0.2) is 53.1 Å². The summed E-state index contributed by atoms with van der Waals surface area (Å²) in [6.45, 7) is 3.92. The standard InChI is InChI=1S/C21H31N3O/c25-21-23(19-12-6-2-7-13-19)16-20(18-10-4-1-5-11-18)24(21)17-22-14-8-3-9-15-22/h1,4-5,10-11,19-20H,2-3,6-9,12-17H2/t20-/m0/s1. The van der Waals surface area contributed by atoms with E-state index in [9.17, 15) is 4.79 Å². The van der Waals surface area contributed by atoms with Gasteiger partial charge in [0.2, 0.25) is 0 Å². The minimum absolute atomic E-state index is 0.206. The van der Waals surface area contributed by atoms with Gasteiger partial charge in [0.1, 0.15) is 0 Å². The Balaban J connectivity index is 1.54. The number of rotatable bonds is 4. The molecule has 4 nitrogen and oxygen atoms in total. The van der Waals surface area contributed by atoms with Gasteiger partial charge in [-0.05, 0) is 44.3 Å². The minimum Gasteiger partial charge on any atom is -0.319 e. The van der Waals surface area contributed by atoms with Crippen molar-refractivity contribution in [2.24, 2.45) is 0 Å². The first-order chi connectivity index (χ1) is 12.3. The Morgan fingerprint density at radius 2 is 1.56 bits per heavy atom. The van der Waals surface area contributed by atoms with E-state index in [1.54, 1.807) is 0 Å². The van der Waals surface area contributed by atoms with E-state index in [2.05, 4.69) is 45.0 Å². The number of benzene rings is 1. The number of likely N-dealkylation sites (tertiary alicyclic amines) is 1. The van der Waals surface area contributed by atoms with E-state index >= 15 is 0 Å². The minimum atomic E-state index is 0.206. The molecule has 2 amide bonds. The number of amides is 2. The van der Waals surface area contributed by atoms with E-state index in [1.807, 2.05) is 0 Å². The second-order valence-electron chi connectivity index (χ2n) is 7.94. The zero-order valence-electron chi connectivity index (χ0n) is 15.3. The van der Waals surface area contributed by atoms with Crippen molar-refractivity contribution in [3.05, 3.63) is 35.9 Å². The van der Waals surface area contributed by atoms with Gasteiger partial charge in [0.15, 0.2) is 0 Å². The van der Waals surface area contributed by atoms with Crippen LogP contribution < -0.4 is 0 Å². The number of urea groups is 1. The summed E-state index contributed by atoms with van der Waals surface area (Å²) >= 11 is 0. The van der Waals surface area contributed by atoms with E-state index in [0.717, 1.165) is 26.3 Å². The third-order valence-electron chi connectivity index (χ3n) is 6.24. The summed E-state index contributed by atoms with van der Waals surface area (Å²) in [5, 5.41) is 0. The molecule has 136 valence electrons. The number of carbonyl (C=O) groups excluding carboxylic acids is 1. The number of piperidine rings is 1. The SMILES string of the molecule is O=C1N(C2CCCCC2)C[C@@H](c2ccccc2)N1CN1CCCCC1. The molecule has 2 heterocycles. The van der Waals surface area contributed by atoms with E-state index in [0.29, 0.717) is 6.04 Å². The summed E-state index contributed by atoms with van der Waals surface area (Å²) in [6.07, 6.45) is 10.1. The Kier molecular flexibility index (Phi) is 5.25. The average Bonchev–Trinajstić information content (AvgIpc) is 3.01. The maximum atomic E-state index is 13.3. The highest BCUT2D eigenvalue weighted by Gasteiger charge is 2.41. The molecule has 3 aliphatic rings. The summed E-state index contributed by atoms with van der Waals surface area (Å²) < 4.78 is 0. The fourth-order valence-corrected chi connectivity index (χ4v) is 4.80. The molecule has 1 saturated carbocycles. The van der Waals surface area contributed by atoms with Crippen molar-refractivity contribution >= 4 is 6.03 Å². The van der Waals surface area contributed by atoms with E-state index in [4.69, 9.17) is 0 Å². The fraction of sp³-hybridized carbons (Fsp3) is 0.667. The van der Waals surface area contributed by atoms with Crippen molar-refractivity contribution in [3.63, 3.8) is 0 Å². The Morgan fingerprint density at radius 1 is 0.880 bits per heavy atom. The molecule has 0 bridgehead atoms. The van der Waals surface area contributed by atoms with Gasteiger partial charge in [-0.15, -0.1) is 0 Å². The average molecular weight is 341 g/mol. The maximum Gasteiger partial charge on any atom is 0.321 e. The smallest absolute Gasteiger partial charge is 0.319 e. The molecular formula is C21H31N3O. The second kappa shape index (κ2) is 7.77. The van der Waals surface area contributed by atoms with Crippen LogP contribution in [0.15, 0.2) is 30.3 Å². The first-order valence-corrected chi connectivity index (χ1v) is 10.2. The maximum absolute atomic E-state index is 13.3. The fourth-order valence-electron chi connectivity index (χ4n) is 4.80. The molecular weight excluding hydrogens is 310 g/mol. The Bertz CT molecular complexity index is 564. The Labute approximate surface area is 151 Å². The largest absolute Gasteiger partial charge is 0.321 e. The first-order valence-electron chi connectivity index (χ1n) is 10.2. The monoisotopic (exact) mass is 341 g/mol. The Hall–Kier alpha value is -1.55. The van der Waals surface area contributed by atoms with E-state index in [1.165, 1.54) is 56.9 Å². The molecule has 1 aliphatic carbocycles. The van der Waals surface area contributed by atoms with Crippen LogP contribution in [0.4, 0.5) is 4.79 Å². The normalized spacial score (nSPS) is 26.4. The van der Waals surface area contributed by atoms with Gasteiger partial charge in [-0.1, -0.05) is 56.0 Å². The number of nitrogens with zero attached hydrogens (tertiary/aromatic N) is 3. The third kappa shape index (κ3) is 3.69. The van der Waals surface area contributed by atoms with Crippen LogP contribution in [0.2, 0.25) is 0 Å². The lowest BCUT2D eigenvalue weighted by atomic mass is 9.94. The molecule has 1 aromatic rings. The molecule has 1 aromatic carbocycles. The molecule has 0 unspecified atom stereocenters. The van der Waals surface area contributed by atoms with Crippen molar-refractivity contribution in [1.29, 1.82) is 0 Å². The van der Waals surface area contributed by atoms with Crippen molar-refractivity contribution in [2.75, 3.05) is 26.3 Å². The quantitative estimate of drug-likeness (QED) is 0.819. The molecule has 3 fully saturated rings. The number of hydrogen-bond donors (Lipinski definition) is 0. The van der Waals surface area contributed by atoms with Crippen molar-refractivity contribution < 1.29 is 4.79 Å². The molecule has 0 aromatic heterocycles. The van der Waals surface area contributed by atoms with Crippen LogP contribution in [0.25, 0.3) is 0 Å². The van der Waals surface area contributed by atoms with Gasteiger partial charge in [-0.25, -0.2) is 4.79 Å². The molecule has 0 radical (unpaired) electrons. The van der Waals surface area contributed by atoms with Crippen LogP contribution in [0.3, 0.4) is 0 Å². The van der Waals surface area contributed by atoms with Crippen LogP contribution in [0.5, 0.6) is 0 Å². The zero-order chi connectivity index (χ0) is 17.1. The molecule has 1 atom stereocenters. The van der Waals surface area contributed by atoms with Crippen molar-refractivity contribution in [1.82, 2.24) is 14.7 Å². The number of hydrogen-bond acceptors (Lipinski definition) is 2. The summed E-state index contributed by atoms with van der Waals surface area (Å²) in [5.74, 6) is 0. The van der Waals surface area contributed by atoms with E-state index < -0.39 is 0 Å². The molecule has 4 rings (SSSR count). The first kappa shape index (κ1) is 16.9. The van der Waals surface area contributed by atoms with Crippen molar-refractivity contribution in [3.8, 4) is 0 Å². The molecule has 2 saturated heterocycles. The molecule has 0 N–H and O–H groups in total. The van der Waals surface area contributed by atoms with Gasteiger partial charge in [0.05, 0.1) is 12.7 Å². The summed E-state index contributed by atoms with van der Waals surface area (Å²) in [4.78, 5) is 20.1. The predicted octanol–water partition coefficient (Wildman–Crippen LogP) is 4.24. The molecule has 4 heteroatoms. The van der Waals surface area contributed by atoms with Crippen LogP contribution in [-0.2, 0) is 0 Å². The van der Waals surface area contributed by atoms with Gasteiger partial charge in [0, 0.05) is 12.6 Å². The highest BCUT2D eigenvalue weighted by molar-refractivity contribution is 5.78. The van der Waals surface area contributed by atoms with Crippen LogP contribution in [0.1, 0.15) is 63.0 Å². The van der Waals surface area contributed by atoms with E-state index in [-0.39, 0.29) is 12.1 Å². The Morgan fingerprint density at radius 3 is 2.28 bits per heavy atom. The molecule has 0 spiro atoms. The van der Waals surface area contributed by atoms with Gasteiger partial charge in [-0.2, -0.15) is 0 Å². The van der Waals surface area contributed by atoms with Crippen LogP contribution >= 0.6 is 0 Å². The zero-order valence-corrected chi connectivity index (χ0v) is 15.3. The lowest BCUT2D eigenvalue weighted by Gasteiger charge is -2.34. The lowest BCUT2D eigenvalue weighted by Crippen LogP contribution is -2.45. The molecule has 25 heavy (non-hydrogen) atoms. The van der Waals surface area contributed by atoms with Gasteiger partial charge in [-0.3, -0.25) is 4.90 Å². The summed E-state index contributed by atoms with van der Waals surface area (Å²) in [6, 6.07) is 11.6. The highest BCUT2D eigenvalue weighted by Crippen LogP contribution is 2.34. The summed E-state index contributed by atoms with van der Waals surface area (Å²) in [5.41, 5.74) is 1.28. The van der Waals surface area contributed by atoms with Gasteiger partial charge in [0.25, 0.3) is 0 Å². The topological polar surface area (TPSA) is 26.8 Å². The second-order valence-corrected chi connectivity index (χ2v) is 7.94. The van der Waals surface area contributed by atoms with Gasteiger partial charge < -0.3 is 9.80 Å². The molecule has 2 aliphatic heterocycles. The third-order valence-corrected chi connectivity index (χ3v) is 6.24.